The van der Waals surface area contributed by atoms with E-state index in [0.29, 0.717) is 18.1 Å². The average molecular weight is 325 g/mol. The standard InChI is InChI=1S/C16H15N5OS/c17-16-20-13-9-18-14(22)8-12(15(13)23-16)10-3-1-4-11(7-10)21-6-2-5-19-21/h1-7,12H,8-9H2,(H2,17,20)(H,18,22). The molecule has 3 aromatic rings. The van der Waals surface area contributed by atoms with Crippen LogP contribution in [0.4, 0.5) is 5.13 Å². The van der Waals surface area contributed by atoms with Crippen molar-refractivity contribution >= 4 is 22.4 Å². The zero-order valence-corrected chi connectivity index (χ0v) is 13.1. The lowest BCUT2D eigenvalue weighted by Crippen LogP contribution is -2.21. The molecule has 3 N–H and O–H groups in total. The van der Waals surface area contributed by atoms with Gasteiger partial charge in [0.1, 0.15) is 0 Å². The van der Waals surface area contributed by atoms with E-state index >= 15 is 0 Å². The molecule has 0 saturated carbocycles. The first-order valence-electron chi connectivity index (χ1n) is 7.32. The number of nitrogen functional groups attached to an aromatic ring is 1. The van der Waals surface area contributed by atoms with Gasteiger partial charge in [0.25, 0.3) is 0 Å². The van der Waals surface area contributed by atoms with E-state index in [0.717, 1.165) is 21.8 Å². The van der Waals surface area contributed by atoms with E-state index in [1.165, 1.54) is 11.3 Å². The van der Waals surface area contributed by atoms with Crippen LogP contribution in [0.15, 0.2) is 42.7 Å². The van der Waals surface area contributed by atoms with Crippen LogP contribution in [0, 0.1) is 0 Å². The molecular weight excluding hydrogens is 310 g/mol. The molecule has 0 aliphatic carbocycles. The molecule has 4 rings (SSSR count). The number of hydrogen-bond acceptors (Lipinski definition) is 5. The lowest BCUT2D eigenvalue weighted by molar-refractivity contribution is -0.121. The predicted octanol–water partition coefficient (Wildman–Crippen LogP) is 2.06. The highest BCUT2D eigenvalue weighted by atomic mass is 32.1. The van der Waals surface area contributed by atoms with Crippen LogP contribution < -0.4 is 11.1 Å². The molecule has 1 aliphatic heterocycles. The third-order valence-corrected chi connectivity index (χ3v) is 4.99. The van der Waals surface area contributed by atoms with Gasteiger partial charge < -0.3 is 11.1 Å². The summed E-state index contributed by atoms with van der Waals surface area (Å²) in [6.45, 7) is 0.442. The molecule has 1 atom stereocenters. The number of aromatic nitrogens is 3. The molecule has 1 amide bonds. The number of benzene rings is 1. The minimum atomic E-state index is -0.0298. The first-order chi connectivity index (χ1) is 11.2. The molecule has 1 aliphatic rings. The van der Waals surface area contributed by atoms with Crippen molar-refractivity contribution in [3.63, 3.8) is 0 Å². The van der Waals surface area contributed by atoms with E-state index in [1.807, 2.05) is 35.1 Å². The zero-order chi connectivity index (χ0) is 15.8. The SMILES string of the molecule is Nc1nc2c(s1)C(c1cccc(-n3cccn3)c1)CC(=O)NC2. The molecular formula is C16H15N5OS. The molecule has 1 unspecified atom stereocenters. The maximum atomic E-state index is 12.0. The fraction of sp³-hybridized carbons (Fsp3) is 0.188. The summed E-state index contributed by atoms with van der Waals surface area (Å²) in [7, 11) is 0. The summed E-state index contributed by atoms with van der Waals surface area (Å²) >= 11 is 1.46. The second kappa shape index (κ2) is 5.51. The van der Waals surface area contributed by atoms with Crippen molar-refractivity contribution in [2.45, 2.75) is 18.9 Å². The predicted molar refractivity (Wildman–Crippen MR) is 88.4 cm³/mol. The van der Waals surface area contributed by atoms with Gasteiger partial charge in [-0.15, -0.1) is 11.3 Å². The summed E-state index contributed by atoms with van der Waals surface area (Å²) in [4.78, 5) is 17.5. The van der Waals surface area contributed by atoms with Crippen molar-refractivity contribution in [3.8, 4) is 5.69 Å². The van der Waals surface area contributed by atoms with Gasteiger partial charge in [0, 0.05) is 29.6 Å². The minimum absolute atomic E-state index is 0.0298. The molecule has 0 fully saturated rings. The number of nitrogens with one attached hydrogen (secondary N) is 1. The summed E-state index contributed by atoms with van der Waals surface area (Å²) in [5.41, 5.74) is 8.78. The van der Waals surface area contributed by atoms with Gasteiger partial charge in [0.2, 0.25) is 5.91 Å². The topological polar surface area (TPSA) is 85.8 Å². The molecule has 0 saturated heterocycles. The van der Waals surface area contributed by atoms with Gasteiger partial charge in [0.05, 0.1) is 17.9 Å². The average Bonchev–Trinajstić information content (AvgIpc) is 3.18. The quantitative estimate of drug-likeness (QED) is 0.755. The van der Waals surface area contributed by atoms with Crippen LogP contribution in [0.5, 0.6) is 0 Å². The van der Waals surface area contributed by atoms with Crippen molar-refractivity contribution in [2.24, 2.45) is 0 Å². The molecule has 0 radical (unpaired) electrons. The summed E-state index contributed by atoms with van der Waals surface area (Å²) in [6, 6.07) is 9.97. The molecule has 2 aromatic heterocycles. The summed E-state index contributed by atoms with van der Waals surface area (Å²) in [5, 5.41) is 7.69. The van der Waals surface area contributed by atoms with Gasteiger partial charge in [-0.25, -0.2) is 9.67 Å². The van der Waals surface area contributed by atoms with Crippen LogP contribution >= 0.6 is 11.3 Å². The van der Waals surface area contributed by atoms with Crippen LogP contribution in [0.3, 0.4) is 0 Å². The fourth-order valence-electron chi connectivity index (χ4n) is 2.89. The normalized spacial score (nSPS) is 17.4. The number of nitrogens with two attached hydrogens (primary N) is 1. The highest BCUT2D eigenvalue weighted by molar-refractivity contribution is 7.15. The highest BCUT2D eigenvalue weighted by Gasteiger charge is 2.27. The molecule has 0 spiro atoms. The highest BCUT2D eigenvalue weighted by Crippen LogP contribution is 2.37. The number of anilines is 1. The number of hydrogen-bond donors (Lipinski definition) is 2. The smallest absolute Gasteiger partial charge is 0.221 e. The number of thiazole rings is 1. The Balaban J connectivity index is 1.79. The van der Waals surface area contributed by atoms with Crippen LogP contribution in [-0.2, 0) is 11.3 Å². The van der Waals surface area contributed by atoms with E-state index in [2.05, 4.69) is 21.5 Å². The second-order valence-corrected chi connectivity index (χ2v) is 6.50. The molecule has 116 valence electrons. The van der Waals surface area contributed by atoms with E-state index < -0.39 is 0 Å². The zero-order valence-electron chi connectivity index (χ0n) is 12.3. The Morgan fingerprint density at radius 2 is 2.26 bits per heavy atom. The molecule has 1 aromatic carbocycles. The maximum Gasteiger partial charge on any atom is 0.221 e. The van der Waals surface area contributed by atoms with Gasteiger partial charge >= 0.3 is 0 Å². The molecule has 7 heteroatoms. The molecule has 0 bridgehead atoms. The van der Waals surface area contributed by atoms with Gasteiger partial charge in [0.15, 0.2) is 5.13 Å². The Labute approximate surface area is 137 Å². The lowest BCUT2D eigenvalue weighted by atomic mass is 9.93. The van der Waals surface area contributed by atoms with Gasteiger partial charge in [-0.05, 0) is 23.8 Å². The third-order valence-electron chi connectivity index (χ3n) is 3.94. The monoisotopic (exact) mass is 325 g/mol. The minimum Gasteiger partial charge on any atom is -0.375 e. The van der Waals surface area contributed by atoms with Crippen molar-refractivity contribution < 1.29 is 4.79 Å². The summed E-state index contributed by atoms with van der Waals surface area (Å²) < 4.78 is 1.81. The van der Waals surface area contributed by atoms with E-state index in [1.54, 1.807) is 6.20 Å². The van der Waals surface area contributed by atoms with E-state index in [4.69, 9.17) is 5.73 Å². The number of nitrogens with zero attached hydrogens (tertiary/aromatic N) is 3. The molecule has 6 nitrogen and oxygen atoms in total. The summed E-state index contributed by atoms with van der Waals surface area (Å²) in [6.07, 6.45) is 4.04. The Morgan fingerprint density at radius 3 is 3.09 bits per heavy atom. The number of amides is 1. The van der Waals surface area contributed by atoms with Crippen LogP contribution in [-0.4, -0.2) is 20.7 Å². The first-order valence-corrected chi connectivity index (χ1v) is 8.14. The van der Waals surface area contributed by atoms with Crippen molar-refractivity contribution in [1.82, 2.24) is 20.1 Å². The maximum absolute atomic E-state index is 12.0. The Morgan fingerprint density at radius 1 is 1.35 bits per heavy atom. The number of carbonyl (C=O) groups is 1. The van der Waals surface area contributed by atoms with Gasteiger partial charge in [-0.1, -0.05) is 12.1 Å². The van der Waals surface area contributed by atoms with Crippen LogP contribution in [0.1, 0.15) is 28.5 Å². The Hall–Kier alpha value is -2.67. The largest absolute Gasteiger partial charge is 0.375 e. The van der Waals surface area contributed by atoms with E-state index in [-0.39, 0.29) is 11.8 Å². The summed E-state index contributed by atoms with van der Waals surface area (Å²) in [5.74, 6) is 0.000996. The third kappa shape index (κ3) is 2.59. The molecule has 3 heterocycles. The van der Waals surface area contributed by atoms with Crippen LogP contribution in [0.25, 0.3) is 5.69 Å². The number of rotatable bonds is 2. The van der Waals surface area contributed by atoms with Crippen molar-refractivity contribution in [3.05, 3.63) is 58.9 Å². The van der Waals surface area contributed by atoms with Gasteiger partial charge in [-0.2, -0.15) is 5.10 Å². The van der Waals surface area contributed by atoms with Gasteiger partial charge in [-0.3, -0.25) is 4.79 Å². The van der Waals surface area contributed by atoms with Crippen LogP contribution in [0.2, 0.25) is 0 Å². The van der Waals surface area contributed by atoms with Crippen molar-refractivity contribution in [2.75, 3.05) is 5.73 Å². The molecule has 23 heavy (non-hydrogen) atoms. The first kappa shape index (κ1) is 14.0. The van der Waals surface area contributed by atoms with Crippen molar-refractivity contribution in [1.29, 1.82) is 0 Å². The Kier molecular flexibility index (Phi) is 3.34. The second-order valence-electron chi connectivity index (χ2n) is 5.44. The fourth-order valence-corrected chi connectivity index (χ4v) is 3.87. The number of fused-ring (bicyclic) bond motifs is 1. The Bertz CT molecular complexity index is 855. The lowest BCUT2D eigenvalue weighted by Gasteiger charge is -2.15. The van der Waals surface area contributed by atoms with E-state index in [9.17, 15) is 4.79 Å². The number of carbonyl (C=O) groups excluding carboxylic acids is 1.